The van der Waals surface area contributed by atoms with Gasteiger partial charge in [0.15, 0.2) is 5.82 Å². The van der Waals surface area contributed by atoms with Crippen LogP contribution in [0.1, 0.15) is 11.1 Å². The van der Waals surface area contributed by atoms with Crippen LogP contribution in [0.15, 0.2) is 54.6 Å². The van der Waals surface area contributed by atoms with Gasteiger partial charge in [-0.3, -0.25) is 0 Å². The molecule has 0 spiro atoms. The van der Waals surface area contributed by atoms with Gasteiger partial charge in [0.25, 0.3) is 0 Å². The zero-order chi connectivity index (χ0) is 16.2. The van der Waals surface area contributed by atoms with Crippen LogP contribution in [0.4, 0.5) is 11.6 Å². The molecule has 1 heterocycles. The smallest absolute Gasteiger partial charge is 0.163 e. The number of aromatic nitrogens is 2. The average Bonchev–Trinajstić information content (AvgIpc) is 2.59. The number of methoxy groups -OCH3 is 1. The molecule has 0 saturated heterocycles. The number of ether oxygens (including phenoxy) is 1. The van der Waals surface area contributed by atoms with Crippen molar-refractivity contribution < 1.29 is 4.74 Å². The molecule has 0 saturated carbocycles. The van der Waals surface area contributed by atoms with Crippen LogP contribution in [-0.2, 0) is 6.42 Å². The molecule has 0 bridgehead atoms. The van der Waals surface area contributed by atoms with Crippen molar-refractivity contribution in [1.82, 2.24) is 9.97 Å². The fraction of sp³-hybridized carbons (Fsp3) is 0.111. The molecule has 0 fully saturated rings. The monoisotopic (exact) mass is 306 g/mol. The molecule has 0 unspecified atom stereocenters. The minimum atomic E-state index is 0.409. The Labute approximate surface area is 135 Å². The van der Waals surface area contributed by atoms with Crippen LogP contribution in [0.25, 0.3) is 11.4 Å². The maximum atomic E-state index is 6.11. The standard InChI is InChI=1S/C18H18N4O/c1-23-14-9-7-12(8-10-14)11-15-16(19)21-18(22-17(15)20)13-5-3-2-4-6-13/h2-10H,11H2,1H3,(H4,19,20,21,22). The number of anilines is 2. The summed E-state index contributed by atoms with van der Waals surface area (Å²) in [6, 6.07) is 17.4. The lowest BCUT2D eigenvalue weighted by molar-refractivity contribution is 0.414. The van der Waals surface area contributed by atoms with Gasteiger partial charge in [-0.25, -0.2) is 9.97 Å². The molecule has 5 nitrogen and oxygen atoms in total. The maximum absolute atomic E-state index is 6.11. The molecular formula is C18H18N4O. The van der Waals surface area contributed by atoms with Crippen LogP contribution in [0.3, 0.4) is 0 Å². The number of hydrogen-bond acceptors (Lipinski definition) is 5. The van der Waals surface area contributed by atoms with Crippen molar-refractivity contribution in [3.63, 3.8) is 0 Å². The summed E-state index contributed by atoms with van der Waals surface area (Å²) in [6.07, 6.45) is 0.580. The van der Waals surface area contributed by atoms with E-state index in [1.807, 2.05) is 54.6 Å². The van der Waals surface area contributed by atoms with E-state index in [4.69, 9.17) is 16.2 Å². The van der Waals surface area contributed by atoms with Gasteiger partial charge < -0.3 is 16.2 Å². The first-order chi connectivity index (χ1) is 11.2. The van der Waals surface area contributed by atoms with E-state index in [1.54, 1.807) is 7.11 Å². The van der Waals surface area contributed by atoms with Crippen LogP contribution in [0, 0.1) is 0 Å². The van der Waals surface area contributed by atoms with Gasteiger partial charge in [0, 0.05) is 17.5 Å². The number of benzene rings is 2. The Morgan fingerprint density at radius 2 is 1.48 bits per heavy atom. The highest BCUT2D eigenvalue weighted by Crippen LogP contribution is 2.25. The third-order valence-electron chi connectivity index (χ3n) is 3.64. The Hall–Kier alpha value is -3.08. The quantitative estimate of drug-likeness (QED) is 0.774. The summed E-state index contributed by atoms with van der Waals surface area (Å²) < 4.78 is 5.16. The molecule has 5 heteroatoms. The summed E-state index contributed by atoms with van der Waals surface area (Å²) in [5.74, 6) is 2.17. The van der Waals surface area contributed by atoms with E-state index in [1.165, 1.54) is 0 Å². The highest BCUT2D eigenvalue weighted by Gasteiger charge is 2.12. The predicted octanol–water partition coefficient (Wildman–Crippen LogP) is 2.91. The number of hydrogen-bond donors (Lipinski definition) is 2. The largest absolute Gasteiger partial charge is 0.497 e. The second kappa shape index (κ2) is 6.36. The molecule has 0 aliphatic heterocycles. The van der Waals surface area contributed by atoms with Crippen LogP contribution in [-0.4, -0.2) is 17.1 Å². The van der Waals surface area contributed by atoms with Gasteiger partial charge in [-0.15, -0.1) is 0 Å². The van der Waals surface area contributed by atoms with E-state index < -0.39 is 0 Å². The van der Waals surface area contributed by atoms with Crippen LogP contribution in [0.5, 0.6) is 5.75 Å². The lowest BCUT2D eigenvalue weighted by Crippen LogP contribution is -2.08. The summed E-state index contributed by atoms with van der Waals surface area (Å²) >= 11 is 0. The molecule has 116 valence electrons. The number of nitrogen functional groups attached to an aromatic ring is 2. The van der Waals surface area contributed by atoms with Gasteiger partial charge in [-0.2, -0.15) is 0 Å². The number of rotatable bonds is 4. The van der Waals surface area contributed by atoms with Crippen molar-refractivity contribution in [2.24, 2.45) is 0 Å². The molecule has 3 aromatic rings. The first kappa shape index (κ1) is 14.8. The van der Waals surface area contributed by atoms with Crippen molar-refractivity contribution in [1.29, 1.82) is 0 Å². The molecule has 0 amide bonds. The molecule has 2 aromatic carbocycles. The molecule has 23 heavy (non-hydrogen) atoms. The SMILES string of the molecule is COc1ccc(Cc2c(N)nc(-c3ccccc3)nc2N)cc1. The van der Waals surface area contributed by atoms with Gasteiger partial charge >= 0.3 is 0 Å². The molecule has 0 aliphatic carbocycles. The lowest BCUT2D eigenvalue weighted by atomic mass is 10.1. The topological polar surface area (TPSA) is 87.0 Å². The molecule has 4 N–H and O–H groups in total. The third kappa shape index (κ3) is 3.23. The minimum Gasteiger partial charge on any atom is -0.497 e. The van der Waals surface area contributed by atoms with Crippen LogP contribution < -0.4 is 16.2 Å². The Kier molecular flexibility index (Phi) is 4.10. The summed E-state index contributed by atoms with van der Waals surface area (Å²) in [4.78, 5) is 8.79. The normalized spacial score (nSPS) is 10.5. The Morgan fingerprint density at radius 3 is 2.04 bits per heavy atom. The van der Waals surface area contributed by atoms with Crippen molar-refractivity contribution in [2.45, 2.75) is 6.42 Å². The van der Waals surface area contributed by atoms with Gasteiger partial charge in [-0.1, -0.05) is 42.5 Å². The van der Waals surface area contributed by atoms with Crippen LogP contribution >= 0.6 is 0 Å². The molecule has 0 aliphatic rings. The van der Waals surface area contributed by atoms with Gasteiger partial charge in [0.1, 0.15) is 17.4 Å². The van der Waals surface area contributed by atoms with E-state index in [-0.39, 0.29) is 0 Å². The van der Waals surface area contributed by atoms with E-state index in [2.05, 4.69) is 9.97 Å². The summed E-state index contributed by atoms with van der Waals surface area (Å²) in [5, 5.41) is 0. The van der Waals surface area contributed by atoms with Crippen molar-refractivity contribution in [3.05, 3.63) is 65.7 Å². The van der Waals surface area contributed by atoms with Crippen molar-refractivity contribution >= 4 is 11.6 Å². The first-order valence-electron chi connectivity index (χ1n) is 7.27. The van der Waals surface area contributed by atoms with Crippen molar-refractivity contribution in [2.75, 3.05) is 18.6 Å². The van der Waals surface area contributed by atoms with Gasteiger partial charge in [0.2, 0.25) is 0 Å². The fourth-order valence-corrected chi connectivity index (χ4v) is 2.36. The Balaban J connectivity index is 1.91. The molecule has 3 rings (SSSR count). The second-order valence-corrected chi connectivity index (χ2v) is 5.19. The van der Waals surface area contributed by atoms with Gasteiger partial charge in [-0.05, 0) is 17.7 Å². The molecule has 0 radical (unpaired) electrons. The predicted molar refractivity (Wildman–Crippen MR) is 92.1 cm³/mol. The summed E-state index contributed by atoms with van der Waals surface area (Å²) in [6.45, 7) is 0. The van der Waals surface area contributed by atoms with Crippen molar-refractivity contribution in [3.8, 4) is 17.1 Å². The fourth-order valence-electron chi connectivity index (χ4n) is 2.36. The average molecular weight is 306 g/mol. The molecular weight excluding hydrogens is 288 g/mol. The number of nitrogens with zero attached hydrogens (tertiary/aromatic N) is 2. The highest BCUT2D eigenvalue weighted by molar-refractivity contribution is 5.64. The Morgan fingerprint density at radius 1 is 0.870 bits per heavy atom. The van der Waals surface area contributed by atoms with E-state index >= 15 is 0 Å². The maximum Gasteiger partial charge on any atom is 0.163 e. The second-order valence-electron chi connectivity index (χ2n) is 5.19. The third-order valence-corrected chi connectivity index (χ3v) is 3.64. The van der Waals surface area contributed by atoms with Crippen LogP contribution in [0.2, 0.25) is 0 Å². The zero-order valence-corrected chi connectivity index (χ0v) is 12.9. The lowest BCUT2D eigenvalue weighted by Gasteiger charge is -2.11. The van der Waals surface area contributed by atoms with E-state index in [0.29, 0.717) is 23.9 Å². The Bertz CT molecular complexity index is 778. The molecule has 1 aromatic heterocycles. The zero-order valence-electron chi connectivity index (χ0n) is 12.9. The first-order valence-corrected chi connectivity index (χ1v) is 7.27. The minimum absolute atomic E-state index is 0.409. The molecule has 0 atom stereocenters. The highest BCUT2D eigenvalue weighted by atomic mass is 16.5. The summed E-state index contributed by atoms with van der Waals surface area (Å²) in [5.41, 5.74) is 14.9. The van der Waals surface area contributed by atoms with Gasteiger partial charge in [0.05, 0.1) is 7.11 Å². The summed E-state index contributed by atoms with van der Waals surface area (Å²) in [7, 11) is 1.64. The number of nitrogens with two attached hydrogens (primary N) is 2. The van der Waals surface area contributed by atoms with E-state index in [9.17, 15) is 0 Å². The van der Waals surface area contributed by atoms with E-state index in [0.717, 1.165) is 22.4 Å².